The Morgan fingerprint density at radius 2 is 2.08 bits per heavy atom. The van der Waals surface area contributed by atoms with Crippen LogP contribution in [0.2, 0.25) is 0 Å². The van der Waals surface area contributed by atoms with Crippen LogP contribution < -0.4 is 0 Å². The number of hydrogen-bond acceptors (Lipinski definition) is 3. The molecule has 0 aliphatic heterocycles. The summed E-state index contributed by atoms with van der Waals surface area (Å²) in [6, 6.07) is 0. The maximum Gasteiger partial charge on any atom is 0.191 e. The zero-order chi connectivity index (χ0) is 9.14. The molecular formula is C8H15N3S. The number of rotatable bonds is 3. The quantitative estimate of drug-likeness (QED) is 0.674. The van der Waals surface area contributed by atoms with Gasteiger partial charge in [-0.2, -0.15) is 0 Å². The van der Waals surface area contributed by atoms with Gasteiger partial charge >= 0.3 is 0 Å². The minimum Gasteiger partial charge on any atom is -0.309 e. The smallest absolute Gasteiger partial charge is 0.191 e. The van der Waals surface area contributed by atoms with Crippen molar-refractivity contribution in [2.24, 2.45) is 7.05 Å². The molecule has 0 amide bonds. The molecule has 68 valence electrons. The highest BCUT2D eigenvalue weighted by atomic mass is 32.2. The van der Waals surface area contributed by atoms with Crippen LogP contribution in [0.1, 0.15) is 26.6 Å². The molecule has 0 spiro atoms. The highest BCUT2D eigenvalue weighted by Gasteiger charge is 2.08. The van der Waals surface area contributed by atoms with Crippen molar-refractivity contribution < 1.29 is 0 Å². The molecule has 0 aromatic carbocycles. The molecule has 1 aromatic heterocycles. The van der Waals surface area contributed by atoms with Crippen molar-refractivity contribution in [2.75, 3.05) is 0 Å². The molecular weight excluding hydrogens is 170 g/mol. The molecule has 0 unspecified atom stereocenters. The van der Waals surface area contributed by atoms with Gasteiger partial charge in [-0.3, -0.25) is 0 Å². The Hall–Kier alpha value is -0.510. The van der Waals surface area contributed by atoms with Gasteiger partial charge in [-0.05, 0) is 0 Å². The summed E-state index contributed by atoms with van der Waals surface area (Å²) >= 11 is 1.75. The van der Waals surface area contributed by atoms with Crippen LogP contribution in [0.4, 0.5) is 0 Å². The van der Waals surface area contributed by atoms with E-state index in [1.165, 1.54) is 0 Å². The average Bonchev–Trinajstić information content (AvgIpc) is 2.32. The van der Waals surface area contributed by atoms with Crippen LogP contribution >= 0.6 is 11.8 Å². The molecule has 0 aliphatic rings. The SMILES string of the molecule is CCc1nnc(SC(C)C)n1C. The van der Waals surface area contributed by atoms with E-state index in [2.05, 4.69) is 35.5 Å². The number of aromatic nitrogens is 3. The summed E-state index contributed by atoms with van der Waals surface area (Å²) < 4.78 is 2.06. The van der Waals surface area contributed by atoms with Crippen LogP contribution in [-0.2, 0) is 13.5 Å². The molecule has 0 saturated carbocycles. The van der Waals surface area contributed by atoms with Crippen molar-refractivity contribution in [3.8, 4) is 0 Å². The van der Waals surface area contributed by atoms with Gasteiger partial charge < -0.3 is 4.57 Å². The molecule has 0 N–H and O–H groups in total. The summed E-state index contributed by atoms with van der Waals surface area (Å²) in [4.78, 5) is 0. The first-order valence-electron chi connectivity index (χ1n) is 4.20. The monoisotopic (exact) mass is 185 g/mol. The summed E-state index contributed by atoms with van der Waals surface area (Å²) in [6.07, 6.45) is 0.947. The Labute approximate surface area is 77.6 Å². The van der Waals surface area contributed by atoms with Gasteiger partial charge in [0.05, 0.1) is 0 Å². The molecule has 1 heterocycles. The van der Waals surface area contributed by atoms with E-state index >= 15 is 0 Å². The molecule has 0 bridgehead atoms. The lowest BCUT2D eigenvalue weighted by Gasteiger charge is -2.03. The summed E-state index contributed by atoms with van der Waals surface area (Å²) in [7, 11) is 2.02. The van der Waals surface area contributed by atoms with Crippen LogP contribution in [0.3, 0.4) is 0 Å². The van der Waals surface area contributed by atoms with Gasteiger partial charge in [0.15, 0.2) is 5.16 Å². The maximum absolute atomic E-state index is 4.10. The van der Waals surface area contributed by atoms with E-state index < -0.39 is 0 Å². The van der Waals surface area contributed by atoms with E-state index in [0.29, 0.717) is 5.25 Å². The fraction of sp³-hybridized carbons (Fsp3) is 0.750. The van der Waals surface area contributed by atoms with Crippen LogP contribution in [0.5, 0.6) is 0 Å². The Bertz CT molecular complexity index is 255. The predicted octanol–water partition coefficient (Wildman–Crippen LogP) is 1.88. The summed E-state index contributed by atoms with van der Waals surface area (Å²) in [5.41, 5.74) is 0. The minimum absolute atomic E-state index is 0.567. The van der Waals surface area contributed by atoms with Gasteiger partial charge in [0.2, 0.25) is 0 Å². The van der Waals surface area contributed by atoms with E-state index in [0.717, 1.165) is 17.4 Å². The molecule has 0 atom stereocenters. The summed E-state index contributed by atoms with van der Waals surface area (Å²) in [5.74, 6) is 1.05. The van der Waals surface area contributed by atoms with E-state index in [1.807, 2.05) is 7.05 Å². The fourth-order valence-electron chi connectivity index (χ4n) is 0.966. The first kappa shape index (κ1) is 9.58. The molecule has 3 nitrogen and oxygen atoms in total. The minimum atomic E-state index is 0.567. The Kier molecular flexibility index (Phi) is 3.14. The van der Waals surface area contributed by atoms with Gasteiger partial charge in [0, 0.05) is 18.7 Å². The number of hydrogen-bond donors (Lipinski definition) is 0. The first-order valence-corrected chi connectivity index (χ1v) is 5.08. The second-order valence-corrected chi connectivity index (χ2v) is 4.52. The fourth-order valence-corrected chi connectivity index (χ4v) is 1.74. The Balaban J connectivity index is 2.80. The zero-order valence-electron chi connectivity index (χ0n) is 8.03. The third-order valence-electron chi connectivity index (χ3n) is 1.58. The van der Waals surface area contributed by atoms with Crippen molar-refractivity contribution in [3.63, 3.8) is 0 Å². The van der Waals surface area contributed by atoms with Crippen LogP contribution in [-0.4, -0.2) is 20.0 Å². The lowest BCUT2D eigenvalue weighted by Crippen LogP contribution is -1.98. The van der Waals surface area contributed by atoms with Crippen LogP contribution in [0.15, 0.2) is 5.16 Å². The third kappa shape index (κ3) is 2.00. The topological polar surface area (TPSA) is 30.7 Å². The van der Waals surface area contributed by atoms with E-state index in [-0.39, 0.29) is 0 Å². The molecule has 12 heavy (non-hydrogen) atoms. The summed E-state index contributed by atoms with van der Waals surface area (Å²) in [5, 5.41) is 9.76. The molecule has 1 rings (SSSR count). The predicted molar refractivity (Wildman–Crippen MR) is 51.4 cm³/mol. The molecule has 0 saturated heterocycles. The van der Waals surface area contributed by atoms with Crippen molar-refractivity contribution in [1.82, 2.24) is 14.8 Å². The van der Waals surface area contributed by atoms with Crippen molar-refractivity contribution in [1.29, 1.82) is 0 Å². The molecule has 0 fully saturated rings. The lowest BCUT2D eigenvalue weighted by molar-refractivity contribution is 0.740. The first-order chi connectivity index (χ1) is 5.65. The van der Waals surface area contributed by atoms with Gasteiger partial charge in [0.25, 0.3) is 0 Å². The summed E-state index contributed by atoms with van der Waals surface area (Å²) in [6.45, 7) is 6.41. The number of aryl methyl sites for hydroxylation is 1. The van der Waals surface area contributed by atoms with E-state index in [1.54, 1.807) is 11.8 Å². The van der Waals surface area contributed by atoms with Gasteiger partial charge in [0.1, 0.15) is 5.82 Å². The van der Waals surface area contributed by atoms with Gasteiger partial charge in [-0.15, -0.1) is 10.2 Å². The van der Waals surface area contributed by atoms with Crippen LogP contribution in [0.25, 0.3) is 0 Å². The van der Waals surface area contributed by atoms with Crippen LogP contribution in [0, 0.1) is 0 Å². The maximum atomic E-state index is 4.10. The Morgan fingerprint density at radius 1 is 1.42 bits per heavy atom. The van der Waals surface area contributed by atoms with Gasteiger partial charge in [-0.1, -0.05) is 32.5 Å². The largest absolute Gasteiger partial charge is 0.309 e. The van der Waals surface area contributed by atoms with Crippen molar-refractivity contribution in [3.05, 3.63) is 5.82 Å². The average molecular weight is 185 g/mol. The van der Waals surface area contributed by atoms with Crippen molar-refractivity contribution in [2.45, 2.75) is 37.6 Å². The van der Waals surface area contributed by atoms with Crippen molar-refractivity contribution >= 4 is 11.8 Å². The zero-order valence-corrected chi connectivity index (χ0v) is 8.85. The lowest BCUT2D eigenvalue weighted by atomic mass is 10.5. The molecule has 0 radical (unpaired) electrons. The number of thioether (sulfide) groups is 1. The molecule has 4 heteroatoms. The normalized spacial score (nSPS) is 11.1. The van der Waals surface area contributed by atoms with E-state index in [4.69, 9.17) is 0 Å². The molecule has 1 aromatic rings. The second kappa shape index (κ2) is 3.94. The highest BCUT2D eigenvalue weighted by Crippen LogP contribution is 2.20. The second-order valence-electron chi connectivity index (χ2n) is 2.98. The van der Waals surface area contributed by atoms with Gasteiger partial charge in [-0.25, -0.2) is 0 Å². The number of nitrogens with zero attached hydrogens (tertiary/aromatic N) is 3. The standard InChI is InChI=1S/C8H15N3S/c1-5-7-9-10-8(11(7)4)12-6(2)3/h6H,5H2,1-4H3. The van der Waals surface area contributed by atoms with E-state index in [9.17, 15) is 0 Å². The highest BCUT2D eigenvalue weighted by molar-refractivity contribution is 7.99. The Morgan fingerprint density at radius 3 is 2.50 bits per heavy atom. The third-order valence-corrected chi connectivity index (χ3v) is 2.62. The molecule has 0 aliphatic carbocycles.